The van der Waals surface area contributed by atoms with Crippen molar-refractivity contribution in [3.63, 3.8) is 0 Å². The molecule has 1 aliphatic rings. The van der Waals surface area contributed by atoms with Gasteiger partial charge in [-0.3, -0.25) is 4.79 Å². The predicted octanol–water partition coefficient (Wildman–Crippen LogP) is 0.879. The van der Waals surface area contributed by atoms with E-state index in [1.807, 2.05) is 6.92 Å². The van der Waals surface area contributed by atoms with E-state index in [9.17, 15) is 15.0 Å². The Kier molecular flexibility index (Phi) is 13.8. The van der Waals surface area contributed by atoms with Gasteiger partial charge < -0.3 is 37.1 Å². The average Bonchev–Trinajstić information content (AvgIpc) is 2.74. The highest BCUT2D eigenvalue weighted by atomic mass is 16.5. The molecule has 8 heteroatoms. The molecule has 0 saturated carbocycles. The lowest BCUT2D eigenvalue weighted by atomic mass is 9.85. The maximum Gasteiger partial charge on any atom is 0.249 e. The Morgan fingerprint density at radius 1 is 1.26 bits per heavy atom. The first-order valence-corrected chi connectivity index (χ1v) is 12.2. The summed E-state index contributed by atoms with van der Waals surface area (Å²) in [7, 11) is 0. The van der Waals surface area contributed by atoms with Gasteiger partial charge in [-0.05, 0) is 50.4 Å². The highest BCUT2D eigenvalue weighted by molar-refractivity contribution is 5.80. The van der Waals surface area contributed by atoms with Crippen molar-refractivity contribution in [1.29, 1.82) is 0 Å². The number of ether oxygens (including phenoxy) is 1. The van der Waals surface area contributed by atoms with E-state index < -0.39 is 6.10 Å². The molecule has 0 aliphatic carbocycles. The Morgan fingerprint density at radius 3 is 2.55 bits per heavy atom. The summed E-state index contributed by atoms with van der Waals surface area (Å²) in [5, 5.41) is 25.6. The molecular weight excluding hydrogens is 396 g/mol. The van der Waals surface area contributed by atoms with E-state index in [-0.39, 0.29) is 48.8 Å². The zero-order chi connectivity index (χ0) is 23.4. The van der Waals surface area contributed by atoms with Crippen molar-refractivity contribution in [2.75, 3.05) is 19.7 Å². The molecule has 8 atom stereocenters. The number of aliphatic hydroxyl groups is 2. The van der Waals surface area contributed by atoms with Crippen LogP contribution in [0, 0.1) is 11.8 Å². The maximum atomic E-state index is 12.2. The van der Waals surface area contributed by atoms with Gasteiger partial charge in [0.1, 0.15) is 6.10 Å². The van der Waals surface area contributed by atoms with Gasteiger partial charge >= 0.3 is 0 Å². The molecular formula is C23H48N4O4. The van der Waals surface area contributed by atoms with E-state index in [1.54, 1.807) is 0 Å². The van der Waals surface area contributed by atoms with E-state index in [1.165, 1.54) is 0 Å². The largest absolute Gasteiger partial charge is 0.395 e. The summed E-state index contributed by atoms with van der Waals surface area (Å²) in [6, 6.07) is -0.0245. The normalized spacial score (nSPS) is 26.6. The fraction of sp³-hybridized carbons (Fsp3) is 0.957. The van der Waals surface area contributed by atoms with Crippen LogP contribution in [0.3, 0.4) is 0 Å². The van der Waals surface area contributed by atoms with Gasteiger partial charge in [0.2, 0.25) is 5.91 Å². The van der Waals surface area contributed by atoms with Crippen molar-refractivity contribution in [1.82, 2.24) is 10.6 Å². The summed E-state index contributed by atoms with van der Waals surface area (Å²) in [6.07, 6.45) is 4.87. The maximum absolute atomic E-state index is 12.2. The van der Waals surface area contributed by atoms with E-state index in [0.717, 1.165) is 45.1 Å². The smallest absolute Gasteiger partial charge is 0.249 e. The number of hydrogen-bond acceptors (Lipinski definition) is 7. The second kappa shape index (κ2) is 15.1. The molecule has 0 bridgehead atoms. The second-order valence-corrected chi connectivity index (χ2v) is 9.44. The zero-order valence-corrected chi connectivity index (χ0v) is 20.1. The first kappa shape index (κ1) is 28.3. The first-order chi connectivity index (χ1) is 14.7. The quantitative estimate of drug-likeness (QED) is 0.220. The molecule has 1 amide bonds. The number of nitrogens with two attached hydrogens (primary N) is 2. The van der Waals surface area contributed by atoms with Crippen LogP contribution in [0.15, 0.2) is 0 Å². The van der Waals surface area contributed by atoms with E-state index in [0.29, 0.717) is 18.9 Å². The summed E-state index contributed by atoms with van der Waals surface area (Å²) >= 11 is 0. The number of hydrogen-bond donors (Lipinski definition) is 6. The van der Waals surface area contributed by atoms with Crippen molar-refractivity contribution in [2.24, 2.45) is 23.3 Å². The van der Waals surface area contributed by atoms with E-state index in [2.05, 4.69) is 31.4 Å². The zero-order valence-electron chi connectivity index (χ0n) is 20.1. The highest BCUT2D eigenvalue weighted by Gasteiger charge is 2.31. The molecule has 1 saturated heterocycles. The molecule has 184 valence electrons. The third kappa shape index (κ3) is 10.1. The summed E-state index contributed by atoms with van der Waals surface area (Å²) in [4.78, 5) is 12.2. The molecule has 1 fully saturated rings. The van der Waals surface area contributed by atoms with Gasteiger partial charge in [0.25, 0.3) is 0 Å². The van der Waals surface area contributed by atoms with Gasteiger partial charge in [-0.1, -0.05) is 34.1 Å². The van der Waals surface area contributed by atoms with E-state index >= 15 is 0 Å². The van der Waals surface area contributed by atoms with Crippen molar-refractivity contribution in [2.45, 2.75) is 109 Å². The average molecular weight is 445 g/mol. The minimum absolute atomic E-state index is 0.00856. The van der Waals surface area contributed by atoms with Crippen molar-refractivity contribution >= 4 is 5.91 Å². The summed E-state index contributed by atoms with van der Waals surface area (Å²) in [6.45, 7) is 9.48. The highest BCUT2D eigenvalue weighted by Crippen LogP contribution is 2.27. The van der Waals surface area contributed by atoms with Crippen LogP contribution in [-0.4, -0.2) is 72.3 Å². The SMILES string of the molecule is CCCC(O)C(=O)NC(CN)C(C)CC(C)CC1OC(CNC(CC)CO)CCC1N. The first-order valence-electron chi connectivity index (χ1n) is 12.2. The van der Waals surface area contributed by atoms with Crippen LogP contribution in [0.1, 0.15) is 72.6 Å². The standard InChI is InChI=1S/C23H48N4O4/c1-5-7-21(29)23(30)27-20(12-24)16(4)10-15(3)11-22-19(25)9-8-18(31-22)13-26-17(6-2)14-28/h15-22,26,28-29H,5-14,24-25H2,1-4H3,(H,27,30). The van der Waals surface area contributed by atoms with Crippen LogP contribution >= 0.6 is 0 Å². The van der Waals surface area contributed by atoms with Gasteiger partial charge in [0, 0.05) is 31.2 Å². The fourth-order valence-corrected chi connectivity index (χ4v) is 4.41. The topological polar surface area (TPSA) is 143 Å². The molecule has 31 heavy (non-hydrogen) atoms. The number of amides is 1. The Labute approximate surface area is 188 Å². The molecule has 1 aliphatic heterocycles. The number of aliphatic hydroxyl groups excluding tert-OH is 2. The molecule has 1 rings (SSSR count). The fourth-order valence-electron chi connectivity index (χ4n) is 4.41. The van der Waals surface area contributed by atoms with Crippen molar-refractivity contribution in [3.8, 4) is 0 Å². The second-order valence-electron chi connectivity index (χ2n) is 9.44. The Hall–Kier alpha value is -0.770. The molecule has 0 spiro atoms. The lowest BCUT2D eigenvalue weighted by Crippen LogP contribution is -2.50. The monoisotopic (exact) mass is 444 g/mol. The number of rotatable bonds is 15. The number of carbonyl (C=O) groups excluding carboxylic acids is 1. The van der Waals surface area contributed by atoms with Crippen LogP contribution in [0.2, 0.25) is 0 Å². The lowest BCUT2D eigenvalue weighted by Gasteiger charge is -2.37. The van der Waals surface area contributed by atoms with Gasteiger partial charge in [0.15, 0.2) is 0 Å². The molecule has 8 unspecified atom stereocenters. The molecule has 8 N–H and O–H groups in total. The Balaban J connectivity index is 2.52. The molecule has 0 aromatic carbocycles. The molecule has 0 aromatic heterocycles. The van der Waals surface area contributed by atoms with Crippen LogP contribution < -0.4 is 22.1 Å². The lowest BCUT2D eigenvalue weighted by molar-refractivity contribution is -0.130. The van der Waals surface area contributed by atoms with Crippen LogP contribution in [0.25, 0.3) is 0 Å². The minimum Gasteiger partial charge on any atom is -0.395 e. The number of nitrogens with one attached hydrogen (secondary N) is 2. The Bertz CT molecular complexity index is 492. The molecule has 0 radical (unpaired) electrons. The third-order valence-electron chi connectivity index (χ3n) is 6.56. The van der Waals surface area contributed by atoms with Crippen LogP contribution in [0.4, 0.5) is 0 Å². The predicted molar refractivity (Wildman–Crippen MR) is 124 cm³/mol. The molecule has 0 aromatic rings. The van der Waals surface area contributed by atoms with Crippen LogP contribution in [0.5, 0.6) is 0 Å². The number of carbonyl (C=O) groups is 1. The third-order valence-corrected chi connectivity index (χ3v) is 6.56. The van der Waals surface area contributed by atoms with Gasteiger partial charge in [-0.25, -0.2) is 0 Å². The summed E-state index contributed by atoms with van der Waals surface area (Å²) in [5.74, 6) is 0.216. The van der Waals surface area contributed by atoms with Crippen LogP contribution in [-0.2, 0) is 9.53 Å². The molecule has 8 nitrogen and oxygen atoms in total. The van der Waals surface area contributed by atoms with Crippen molar-refractivity contribution in [3.05, 3.63) is 0 Å². The minimum atomic E-state index is -0.971. The van der Waals surface area contributed by atoms with Gasteiger partial charge in [-0.2, -0.15) is 0 Å². The van der Waals surface area contributed by atoms with Crippen molar-refractivity contribution < 1.29 is 19.7 Å². The van der Waals surface area contributed by atoms with E-state index in [4.69, 9.17) is 16.2 Å². The van der Waals surface area contributed by atoms with Gasteiger partial charge in [-0.15, -0.1) is 0 Å². The molecule has 1 heterocycles. The van der Waals surface area contributed by atoms with Gasteiger partial charge in [0.05, 0.1) is 18.8 Å². The summed E-state index contributed by atoms with van der Waals surface area (Å²) in [5.41, 5.74) is 12.3. The summed E-state index contributed by atoms with van der Waals surface area (Å²) < 4.78 is 6.30. The Morgan fingerprint density at radius 2 is 1.97 bits per heavy atom.